The van der Waals surface area contributed by atoms with E-state index in [4.69, 9.17) is 11.6 Å². The maximum Gasteiger partial charge on any atom is 0.112 e. The van der Waals surface area contributed by atoms with Crippen LogP contribution in [0.2, 0.25) is 0 Å². The SMILES string of the molecule is CC1CNCCN1C1=C(N)C(c2ccncc2)N(N)c2cnccc21. The van der Waals surface area contributed by atoms with Crippen LogP contribution in [0.5, 0.6) is 0 Å². The lowest BCUT2D eigenvalue weighted by Gasteiger charge is -2.44. The van der Waals surface area contributed by atoms with Crippen molar-refractivity contribution in [1.82, 2.24) is 20.2 Å². The fourth-order valence-corrected chi connectivity index (χ4v) is 3.75. The van der Waals surface area contributed by atoms with E-state index in [1.165, 1.54) is 0 Å². The van der Waals surface area contributed by atoms with E-state index in [-0.39, 0.29) is 6.04 Å². The van der Waals surface area contributed by atoms with Gasteiger partial charge in [-0.15, -0.1) is 0 Å². The molecule has 2 aromatic heterocycles. The molecular formula is C18H23N7. The summed E-state index contributed by atoms with van der Waals surface area (Å²) in [5, 5.41) is 5.14. The molecule has 2 unspecified atom stereocenters. The van der Waals surface area contributed by atoms with Crippen molar-refractivity contribution in [2.24, 2.45) is 11.6 Å². The third-order valence-corrected chi connectivity index (χ3v) is 4.99. The van der Waals surface area contributed by atoms with Crippen LogP contribution in [0.1, 0.15) is 24.1 Å². The van der Waals surface area contributed by atoms with Gasteiger partial charge in [0.05, 0.1) is 23.3 Å². The molecule has 2 atom stereocenters. The Labute approximate surface area is 147 Å². The first-order valence-corrected chi connectivity index (χ1v) is 8.53. The number of hydrogen-bond acceptors (Lipinski definition) is 7. The van der Waals surface area contributed by atoms with Crippen molar-refractivity contribution < 1.29 is 0 Å². The van der Waals surface area contributed by atoms with Crippen LogP contribution >= 0.6 is 0 Å². The number of hydrazine groups is 1. The summed E-state index contributed by atoms with van der Waals surface area (Å²) in [5.41, 5.74) is 11.5. The maximum atomic E-state index is 6.71. The number of fused-ring (bicyclic) bond motifs is 1. The Morgan fingerprint density at radius 1 is 1.16 bits per heavy atom. The highest BCUT2D eigenvalue weighted by Crippen LogP contribution is 2.42. The summed E-state index contributed by atoms with van der Waals surface area (Å²) in [7, 11) is 0. The Hall–Kier alpha value is -2.64. The first kappa shape index (κ1) is 15.9. The smallest absolute Gasteiger partial charge is 0.112 e. The molecule has 2 aliphatic rings. The monoisotopic (exact) mass is 337 g/mol. The predicted molar refractivity (Wildman–Crippen MR) is 98.0 cm³/mol. The highest BCUT2D eigenvalue weighted by molar-refractivity contribution is 5.82. The summed E-state index contributed by atoms with van der Waals surface area (Å²) < 4.78 is 0. The van der Waals surface area contributed by atoms with Gasteiger partial charge in [-0.25, -0.2) is 5.84 Å². The highest BCUT2D eigenvalue weighted by Gasteiger charge is 2.35. The number of nitrogens with one attached hydrogen (secondary N) is 1. The molecule has 4 rings (SSSR count). The molecule has 2 aliphatic heterocycles. The second kappa shape index (κ2) is 6.34. The van der Waals surface area contributed by atoms with E-state index in [0.29, 0.717) is 6.04 Å². The molecule has 0 aliphatic carbocycles. The van der Waals surface area contributed by atoms with E-state index >= 15 is 0 Å². The lowest BCUT2D eigenvalue weighted by atomic mass is 9.93. The number of nitrogens with two attached hydrogens (primary N) is 2. The number of hydrogen-bond donors (Lipinski definition) is 3. The van der Waals surface area contributed by atoms with Crippen LogP contribution < -0.4 is 21.9 Å². The molecule has 7 nitrogen and oxygen atoms in total. The van der Waals surface area contributed by atoms with Crippen LogP contribution in [0.25, 0.3) is 5.70 Å². The molecule has 1 saturated heterocycles. The topological polar surface area (TPSA) is 96.3 Å². The average Bonchev–Trinajstić information content (AvgIpc) is 2.64. The molecular weight excluding hydrogens is 314 g/mol. The zero-order valence-electron chi connectivity index (χ0n) is 14.3. The minimum Gasteiger partial charge on any atom is -0.398 e. The third-order valence-electron chi connectivity index (χ3n) is 4.99. The quantitative estimate of drug-likeness (QED) is 0.699. The molecule has 7 heteroatoms. The van der Waals surface area contributed by atoms with Crippen LogP contribution in [0.3, 0.4) is 0 Å². The fourth-order valence-electron chi connectivity index (χ4n) is 3.75. The standard InChI is InChI=1S/C18H23N7/c1-12-10-23-8-9-24(12)18-14-4-7-22-11-15(14)25(20)17(16(18)19)13-2-5-21-6-3-13/h2-7,11-12,17,23H,8-10,19-20H2,1H3. The third kappa shape index (κ3) is 2.61. The zero-order valence-corrected chi connectivity index (χ0v) is 14.3. The average molecular weight is 337 g/mol. The Morgan fingerprint density at radius 3 is 2.68 bits per heavy atom. The minimum atomic E-state index is -0.239. The second-order valence-corrected chi connectivity index (χ2v) is 6.53. The van der Waals surface area contributed by atoms with Crippen LogP contribution in [0.4, 0.5) is 5.69 Å². The molecule has 0 saturated carbocycles. The number of aromatic nitrogens is 2. The number of anilines is 1. The fraction of sp³-hybridized carbons (Fsp3) is 0.333. The highest BCUT2D eigenvalue weighted by atomic mass is 15.4. The Balaban J connectivity index is 1.89. The van der Waals surface area contributed by atoms with Gasteiger partial charge in [-0.1, -0.05) is 0 Å². The number of piperazine rings is 1. The van der Waals surface area contributed by atoms with Crippen molar-refractivity contribution in [3.63, 3.8) is 0 Å². The molecule has 5 N–H and O–H groups in total. The van der Waals surface area contributed by atoms with E-state index < -0.39 is 0 Å². The molecule has 130 valence electrons. The molecule has 25 heavy (non-hydrogen) atoms. The van der Waals surface area contributed by atoms with Gasteiger partial charge in [-0.2, -0.15) is 0 Å². The molecule has 2 aromatic rings. The summed E-state index contributed by atoms with van der Waals surface area (Å²) in [6.45, 7) is 4.99. The first-order valence-electron chi connectivity index (χ1n) is 8.53. The molecule has 1 fully saturated rings. The molecule has 0 spiro atoms. The minimum absolute atomic E-state index is 0.239. The lowest BCUT2D eigenvalue weighted by molar-refractivity contribution is 0.256. The van der Waals surface area contributed by atoms with E-state index in [2.05, 4.69) is 27.1 Å². The summed E-state index contributed by atoms with van der Waals surface area (Å²) in [6, 6.07) is 6.02. The second-order valence-electron chi connectivity index (χ2n) is 6.53. The normalized spacial score (nSPS) is 23.6. The van der Waals surface area contributed by atoms with Gasteiger partial charge in [-0.3, -0.25) is 15.0 Å². The summed E-state index contributed by atoms with van der Waals surface area (Å²) in [4.78, 5) is 10.8. The zero-order chi connectivity index (χ0) is 17.4. The molecule has 0 bridgehead atoms. The molecule has 0 aromatic carbocycles. The number of nitrogens with zero attached hydrogens (tertiary/aromatic N) is 4. The number of rotatable bonds is 2. The van der Waals surface area contributed by atoms with Gasteiger partial charge in [0.2, 0.25) is 0 Å². The maximum absolute atomic E-state index is 6.71. The van der Waals surface area contributed by atoms with Crippen molar-refractivity contribution >= 4 is 11.4 Å². The largest absolute Gasteiger partial charge is 0.398 e. The Kier molecular flexibility index (Phi) is 4.03. The summed E-state index contributed by atoms with van der Waals surface area (Å²) in [6.07, 6.45) is 7.13. The molecule has 0 radical (unpaired) electrons. The van der Waals surface area contributed by atoms with Gasteiger partial charge in [0, 0.05) is 49.8 Å². The number of pyridine rings is 2. The molecule has 4 heterocycles. The van der Waals surface area contributed by atoms with Gasteiger partial charge < -0.3 is 16.0 Å². The Morgan fingerprint density at radius 2 is 1.92 bits per heavy atom. The van der Waals surface area contributed by atoms with Crippen molar-refractivity contribution in [2.45, 2.75) is 19.0 Å². The van der Waals surface area contributed by atoms with Gasteiger partial charge in [-0.05, 0) is 30.7 Å². The van der Waals surface area contributed by atoms with Crippen LogP contribution in [-0.2, 0) is 0 Å². The predicted octanol–water partition coefficient (Wildman–Crippen LogP) is 0.833. The van der Waals surface area contributed by atoms with Crippen molar-refractivity contribution in [2.75, 3.05) is 24.6 Å². The van der Waals surface area contributed by atoms with E-state index in [1.54, 1.807) is 23.6 Å². The van der Waals surface area contributed by atoms with Crippen molar-refractivity contribution in [3.8, 4) is 0 Å². The first-order chi connectivity index (χ1) is 12.2. The lowest BCUT2D eigenvalue weighted by Crippen LogP contribution is -2.51. The van der Waals surface area contributed by atoms with Crippen LogP contribution in [0, 0.1) is 0 Å². The van der Waals surface area contributed by atoms with Gasteiger partial charge >= 0.3 is 0 Å². The van der Waals surface area contributed by atoms with Gasteiger partial charge in [0.15, 0.2) is 0 Å². The van der Waals surface area contributed by atoms with Crippen molar-refractivity contribution in [3.05, 3.63) is 59.8 Å². The summed E-state index contributed by atoms with van der Waals surface area (Å²) >= 11 is 0. The Bertz CT molecular complexity index is 789. The van der Waals surface area contributed by atoms with Crippen LogP contribution in [-0.4, -0.2) is 40.5 Å². The molecule has 0 amide bonds. The van der Waals surface area contributed by atoms with E-state index in [1.807, 2.05) is 24.4 Å². The van der Waals surface area contributed by atoms with E-state index in [9.17, 15) is 0 Å². The van der Waals surface area contributed by atoms with Gasteiger partial charge in [0.1, 0.15) is 6.04 Å². The summed E-state index contributed by atoms with van der Waals surface area (Å²) in [5.74, 6) is 6.47. The van der Waals surface area contributed by atoms with Gasteiger partial charge in [0.25, 0.3) is 0 Å². The van der Waals surface area contributed by atoms with Crippen molar-refractivity contribution in [1.29, 1.82) is 0 Å². The van der Waals surface area contributed by atoms with E-state index in [0.717, 1.165) is 47.8 Å². The van der Waals surface area contributed by atoms with Crippen LogP contribution in [0.15, 0.2) is 48.7 Å².